The first-order valence-corrected chi connectivity index (χ1v) is 11.5. The van der Waals surface area contributed by atoms with Crippen molar-refractivity contribution in [1.82, 2.24) is 13.9 Å². The molecule has 0 aliphatic carbocycles. The molecule has 0 unspecified atom stereocenters. The maximum Gasteiger partial charge on any atom is 0.335 e. The van der Waals surface area contributed by atoms with Crippen LogP contribution in [0.3, 0.4) is 0 Å². The summed E-state index contributed by atoms with van der Waals surface area (Å²) in [5.41, 5.74) is -1.42. The average Bonchev–Trinajstić information content (AvgIpc) is 2.75. The van der Waals surface area contributed by atoms with Gasteiger partial charge in [-0.15, -0.1) is 0 Å². The molecule has 11 heteroatoms. The third-order valence-electron chi connectivity index (χ3n) is 4.74. The largest absolute Gasteiger partial charge is 0.493 e. The fraction of sp³-hybridized carbons (Fsp3) is 0.190. The van der Waals surface area contributed by atoms with Crippen LogP contribution in [0.15, 0.2) is 68.0 Å². The van der Waals surface area contributed by atoms with Gasteiger partial charge in [0, 0.05) is 19.3 Å². The smallest absolute Gasteiger partial charge is 0.335 e. The van der Waals surface area contributed by atoms with Crippen molar-refractivity contribution in [2.45, 2.75) is 18.7 Å². The normalized spacial score (nSPS) is 12.0. The molecule has 2 N–H and O–H groups in total. The SMILES string of the molecule is CCN(CC)S(=O)(=O)c1ccc(N=Cc2c(O)n(-c3ccccc3Cl)c(=O)[nH]c2=O)cc1. The van der Waals surface area contributed by atoms with Crippen LogP contribution in [0, 0.1) is 0 Å². The average molecular weight is 477 g/mol. The molecule has 3 aromatic rings. The zero-order chi connectivity index (χ0) is 23.5. The second kappa shape index (κ2) is 9.51. The van der Waals surface area contributed by atoms with E-state index in [-0.39, 0.29) is 21.2 Å². The molecule has 1 heterocycles. The number of para-hydroxylation sites is 1. The molecule has 168 valence electrons. The van der Waals surface area contributed by atoms with Gasteiger partial charge in [-0.3, -0.25) is 14.8 Å². The number of H-pyrrole nitrogens is 1. The Morgan fingerprint density at radius 3 is 2.31 bits per heavy atom. The lowest BCUT2D eigenvalue weighted by molar-refractivity contribution is 0.430. The fourth-order valence-corrected chi connectivity index (χ4v) is 4.75. The van der Waals surface area contributed by atoms with Crippen LogP contribution in [-0.2, 0) is 10.0 Å². The Labute approximate surface area is 189 Å². The number of hydrogen-bond acceptors (Lipinski definition) is 6. The maximum atomic E-state index is 12.6. The van der Waals surface area contributed by atoms with Crippen molar-refractivity contribution >= 4 is 33.5 Å². The van der Waals surface area contributed by atoms with E-state index < -0.39 is 27.2 Å². The van der Waals surface area contributed by atoms with Gasteiger partial charge in [-0.25, -0.2) is 17.8 Å². The molecular formula is C21H21ClN4O5S. The molecule has 1 aromatic heterocycles. The Bertz CT molecular complexity index is 1370. The molecule has 0 spiro atoms. The van der Waals surface area contributed by atoms with Crippen molar-refractivity contribution in [2.24, 2.45) is 4.99 Å². The van der Waals surface area contributed by atoms with Crippen LogP contribution < -0.4 is 11.2 Å². The van der Waals surface area contributed by atoms with Crippen LogP contribution in [0.2, 0.25) is 5.02 Å². The lowest BCUT2D eigenvalue weighted by Gasteiger charge is -2.18. The van der Waals surface area contributed by atoms with Gasteiger partial charge >= 0.3 is 5.69 Å². The van der Waals surface area contributed by atoms with Crippen LogP contribution in [0.1, 0.15) is 19.4 Å². The summed E-state index contributed by atoms with van der Waals surface area (Å²) in [6.07, 6.45) is 1.09. The number of sulfonamides is 1. The summed E-state index contributed by atoms with van der Waals surface area (Å²) in [5, 5.41) is 10.8. The maximum absolute atomic E-state index is 12.6. The minimum Gasteiger partial charge on any atom is -0.493 e. The standard InChI is InChI=1S/C21H21ClN4O5S/c1-3-25(4-2)32(30,31)15-11-9-14(10-12-15)23-13-16-19(27)24-21(29)26(20(16)28)18-8-6-5-7-17(18)22/h5-13,28H,3-4H2,1-2H3,(H,24,27,29). The molecule has 2 aromatic carbocycles. The molecule has 0 amide bonds. The van der Waals surface area contributed by atoms with Crippen molar-refractivity contribution in [3.05, 3.63) is 80.0 Å². The summed E-state index contributed by atoms with van der Waals surface area (Å²) in [7, 11) is -3.61. The second-order valence-corrected chi connectivity index (χ2v) is 8.97. The molecule has 9 nitrogen and oxygen atoms in total. The van der Waals surface area contributed by atoms with Gasteiger partial charge in [0.05, 0.1) is 21.3 Å². The number of aromatic hydroxyl groups is 1. The number of nitrogens with zero attached hydrogens (tertiary/aromatic N) is 3. The molecule has 0 bridgehead atoms. The summed E-state index contributed by atoms with van der Waals surface area (Å²) in [5.74, 6) is -0.628. The van der Waals surface area contributed by atoms with Gasteiger partial charge in [-0.1, -0.05) is 37.6 Å². The van der Waals surface area contributed by atoms with Crippen LogP contribution in [-0.4, -0.2) is 46.7 Å². The molecule has 0 aliphatic heterocycles. The molecule has 0 atom stereocenters. The number of aromatic amines is 1. The van der Waals surface area contributed by atoms with Gasteiger partial charge in [-0.05, 0) is 36.4 Å². The molecule has 0 radical (unpaired) electrons. The number of hydrogen-bond donors (Lipinski definition) is 2. The zero-order valence-electron chi connectivity index (χ0n) is 17.3. The predicted octanol–water partition coefficient (Wildman–Crippen LogP) is 2.67. The zero-order valence-corrected chi connectivity index (χ0v) is 18.9. The summed E-state index contributed by atoms with van der Waals surface area (Å²) in [6.45, 7) is 4.21. The summed E-state index contributed by atoms with van der Waals surface area (Å²) in [4.78, 5) is 30.9. The van der Waals surface area contributed by atoms with Crippen molar-refractivity contribution in [2.75, 3.05) is 13.1 Å². The number of nitrogens with one attached hydrogen (secondary N) is 1. The second-order valence-electron chi connectivity index (χ2n) is 6.62. The van der Waals surface area contributed by atoms with E-state index in [2.05, 4.69) is 9.98 Å². The highest BCUT2D eigenvalue weighted by Crippen LogP contribution is 2.24. The van der Waals surface area contributed by atoms with Gasteiger partial charge in [0.25, 0.3) is 5.56 Å². The van der Waals surface area contributed by atoms with Gasteiger partial charge in [0.2, 0.25) is 15.9 Å². The molecule has 3 rings (SSSR count). The third-order valence-corrected chi connectivity index (χ3v) is 7.12. The quantitative estimate of drug-likeness (QED) is 0.507. The third kappa shape index (κ3) is 4.52. The molecule has 0 aliphatic rings. The van der Waals surface area contributed by atoms with E-state index in [1.807, 2.05) is 0 Å². The first kappa shape index (κ1) is 23.5. The lowest BCUT2D eigenvalue weighted by Crippen LogP contribution is -2.31. The highest BCUT2D eigenvalue weighted by molar-refractivity contribution is 7.89. The van der Waals surface area contributed by atoms with E-state index in [0.29, 0.717) is 18.8 Å². The summed E-state index contributed by atoms with van der Waals surface area (Å²) >= 11 is 6.11. The van der Waals surface area contributed by atoms with Gasteiger partial charge in [0.15, 0.2) is 0 Å². The van der Waals surface area contributed by atoms with E-state index in [1.54, 1.807) is 26.0 Å². The van der Waals surface area contributed by atoms with Crippen molar-refractivity contribution in [3.8, 4) is 11.6 Å². The van der Waals surface area contributed by atoms with Gasteiger partial charge < -0.3 is 5.11 Å². The molecular weight excluding hydrogens is 456 g/mol. The van der Waals surface area contributed by atoms with Gasteiger partial charge in [0.1, 0.15) is 5.56 Å². The highest BCUT2D eigenvalue weighted by Gasteiger charge is 2.21. The van der Waals surface area contributed by atoms with E-state index >= 15 is 0 Å². The van der Waals surface area contributed by atoms with Crippen molar-refractivity contribution < 1.29 is 13.5 Å². The van der Waals surface area contributed by atoms with E-state index in [9.17, 15) is 23.1 Å². The number of halogens is 1. The fourth-order valence-electron chi connectivity index (χ4n) is 3.07. The van der Waals surface area contributed by atoms with Crippen molar-refractivity contribution in [1.29, 1.82) is 0 Å². The molecule has 0 saturated carbocycles. The Morgan fingerprint density at radius 2 is 1.72 bits per heavy atom. The molecule has 0 saturated heterocycles. The summed E-state index contributed by atoms with van der Waals surface area (Å²) < 4.78 is 27.3. The van der Waals surface area contributed by atoms with E-state index in [0.717, 1.165) is 10.8 Å². The predicted molar refractivity (Wildman–Crippen MR) is 123 cm³/mol. The van der Waals surface area contributed by atoms with Crippen LogP contribution >= 0.6 is 11.6 Å². The van der Waals surface area contributed by atoms with E-state index in [4.69, 9.17) is 11.6 Å². The van der Waals surface area contributed by atoms with E-state index in [1.165, 1.54) is 40.7 Å². The number of rotatable bonds is 7. The minimum absolute atomic E-state index is 0.119. The Morgan fingerprint density at radius 1 is 1.09 bits per heavy atom. The number of aliphatic imine (C=N–C) groups is 1. The van der Waals surface area contributed by atoms with Crippen LogP contribution in [0.4, 0.5) is 5.69 Å². The summed E-state index contributed by atoms with van der Waals surface area (Å²) in [6, 6.07) is 12.1. The monoisotopic (exact) mass is 476 g/mol. The molecule has 0 fully saturated rings. The first-order chi connectivity index (χ1) is 15.2. The topological polar surface area (TPSA) is 125 Å². The Balaban J connectivity index is 1.99. The first-order valence-electron chi connectivity index (χ1n) is 9.68. The molecule has 32 heavy (non-hydrogen) atoms. The number of aromatic nitrogens is 2. The van der Waals surface area contributed by atoms with Crippen LogP contribution in [0.5, 0.6) is 5.88 Å². The van der Waals surface area contributed by atoms with Gasteiger partial charge in [-0.2, -0.15) is 4.31 Å². The lowest BCUT2D eigenvalue weighted by atomic mass is 10.2. The number of benzene rings is 2. The highest BCUT2D eigenvalue weighted by atomic mass is 35.5. The van der Waals surface area contributed by atoms with Crippen molar-refractivity contribution in [3.63, 3.8) is 0 Å². The Hall–Kier alpha value is -3.21. The van der Waals surface area contributed by atoms with Crippen LogP contribution in [0.25, 0.3) is 5.69 Å². The Kier molecular flexibility index (Phi) is 6.97. The minimum atomic E-state index is -3.61.